The van der Waals surface area contributed by atoms with Crippen molar-refractivity contribution in [1.82, 2.24) is 4.90 Å². The van der Waals surface area contributed by atoms with Gasteiger partial charge in [-0.2, -0.15) is 0 Å². The predicted octanol–water partition coefficient (Wildman–Crippen LogP) is 3.58. The average Bonchev–Trinajstić information content (AvgIpc) is 3.23. The van der Waals surface area contributed by atoms with Gasteiger partial charge in [-0.15, -0.1) is 0 Å². The molecular formula is C23H25NO5. The highest BCUT2D eigenvalue weighted by atomic mass is 16.6. The van der Waals surface area contributed by atoms with Crippen LogP contribution in [0.5, 0.6) is 17.2 Å². The molecule has 0 aliphatic carbocycles. The van der Waals surface area contributed by atoms with Crippen molar-refractivity contribution in [2.24, 2.45) is 0 Å². The Morgan fingerprint density at radius 2 is 1.90 bits per heavy atom. The molecule has 1 atom stereocenters. The number of ketones is 1. The summed E-state index contributed by atoms with van der Waals surface area (Å²) in [5, 5.41) is 0. The van der Waals surface area contributed by atoms with Gasteiger partial charge in [0.25, 0.3) is 0 Å². The molecule has 0 unspecified atom stereocenters. The highest BCUT2D eigenvalue weighted by Gasteiger charge is 2.31. The lowest BCUT2D eigenvalue weighted by Gasteiger charge is -2.27. The van der Waals surface area contributed by atoms with Gasteiger partial charge in [0.1, 0.15) is 19.0 Å². The van der Waals surface area contributed by atoms with Crippen LogP contribution in [0.2, 0.25) is 0 Å². The molecule has 1 fully saturated rings. The van der Waals surface area contributed by atoms with Crippen LogP contribution in [0, 0.1) is 0 Å². The molecule has 2 aromatic rings. The fourth-order valence-corrected chi connectivity index (χ4v) is 4.08. The quantitative estimate of drug-likeness (QED) is 0.724. The van der Waals surface area contributed by atoms with E-state index in [9.17, 15) is 9.59 Å². The highest BCUT2D eigenvalue weighted by molar-refractivity contribution is 5.94. The summed E-state index contributed by atoms with van der Waals surface area (Å²) in [6.07, 6.45) is 2.07. The number of carbonyl (C=O) groups excluding carboxylic acids is 2. The fourth-order valence-electron chi connectivity index (χ4n) is 4.08. The minimum atomic E-state index is -0.0309. The van der Waals surface area contributed by atoms with Crippen LogP contribution in [0.4, 0.5) is 0 Å². The lowest BCUT2D eigenvalue weighted by molar-refractivity contribution is -0.131. The number of Topliss-reactive ketones (excluding diaryl/α,β-unsaturated/α-hetero) is 1. The Hall–Kier alpha value is -3.02. The van der Waals surface area contributed by atoms with E-state index in [-0.39, 0.29) is 24.2 Å². The smallest absolute Gasteiger partial charge is 0.227 e. The molecule has 29 heavy (non-hydrogen) atoms. The van der Waals surface area contributed by atoms with E-state index in [0.717, 1.165) is 35.5 Å². The zero-order valence-electron chi connectivity index (χ0n) is 16.8. The standard InChI is InChI=1S/C23H25NO5/c1-15(25)16-5-7-20(27-2)18(12-16)14-23(26)24-9-3-4-19(24)17-6-8-21-22(13-17)29-11-10-28-21/h5-8,12-13,19H,3-4,9-11,14H2,1-2H3/t19-/m0/s1. The van der Waals surface area contributed by atoms with Crippen molar-refractivity contribution in [2.75, 3.05) is 26.9 Å². The third-order valence-electron chi connectivity index (χ3n) is 5.55. The molecule has 2 aliphatic heterocycles. The average molecular weight is 395 g/mol. The lowest BCUT2D eigenvalue weighted by Crippen LogP contribution is -2.32. The summed E-state index contributed by atoms with van der Waals surface area (Å²) in [6, 6.07) is 11.2. The van der Waals surface area contributed by atoms with Crippen LogP contribution in [0.25, 0.3) is 0 Å². The molecule has 152 valence electrons. The van der Waals surface area contributed by atoms with E-state index in [2.05, 4.69) is 0 Å². The van der Waals surface area contributed by atoms with Crippen LogP contribution in [-0.2, 0) is 11.2 Å². The molecule has 0 aromatic heterocycles. The van der Waals surface area contributed by atoms with E-state index in [1.165, 1.54) is 6.92 Å². The Kier molecular flexibility index (Phi) is 5.43. The third kappa shape index (κ3) is 3.92. The first-order chi connectivity index (χ1) is 14.1. The molecule has 4 rings (SSSR count). The van der Waals surface area contributed by atoms with Crippen LogP contribution < -0.4 is 14.2 Å². The molecule has 0 spiro atoms. The molecule has 0 radical (unpaired) electrons. The van der Waals surface area contributed by atoms with Crippen LogP contribution in [0.3, 0.4) is 0 Å². The van der Waals surface area contributed by atoms with E-state index in [1.54, 1.807) is 25.3 Å². The van der Waals surface area contributed by atoms with Gasteiger partial charge in [-0.1, -0.05) is 6.07 Å². The van der Waals surface area contributed by atoms with E-state index in [4.69, 9.17) is 14.2 Å². The molecule has 1 amide bonds. The Bertz CT molecular complexity index is 939. The number of methoxy groups -OCH3 is 1. The van der Waals surface area contributed by atoms with Crippen molar-refractivity contribution >= 4 is 11.7 Å². The molecule has 2 aliphatic rings. The summed E-state index contributed by atoms with van der Waals surface area (Å²) in [5.74, 6) is 2.11. The number of rotatable bonds is 5. The fraction of sp³-hybridized carbons (Fsp3) is 0.391. The second-order valence-electron chi connectivity index (χ2n) is 7.41. The van der Waals surface area contributed by atoms with Crippen molar-refractivity contribution in [3.8, 4) is 17.2 Å². The summed E-state index contributed by atoms with van der Waals surface area (Å²) in [6.45, 7) is 3.33. The van der Waals surface area contributed by atoms with Gasteiger partial charge in [-0.3, -0.25) is 9.59 Å². The van der Waals surface area contributed by atoms with E-state index < -0.39 is 0 Å². The number of benzene rings is 2. The maximum atomic E-state index is 13.2. The summed E-state index contributed by atoms with van der Waals surface area (Å²) in [7, 11) is 1.57. The number of hydrogen-bond acceptors (Lipinski definition) is 5. The van der Waals surface area contributed by atoms with Gasteiger partial charge >= 0.3 is 0 Å². The first-order valence-electron chi connectivity index (χ1n) is 9.93. The first-order valence-corrected chi connectivity index (χ1v) is 9.93. The summed E-state index contributed by atoms with van der Waals surface area (Å²) in [4.78, 5) is 26.8. The zero-order chi connectivity index (χ0) is 20.4. The predicted molar refractivity (Wildman–Crippen MR) is 108 cm³/mol. The summed E-state index contributed by atoms with van der Waals surface area (Å²) >= 11 is 0. The second-order valence-corrected chi connectivity index (χ2v) is 7.41. The zero-order valence-corrected chi connectivity index (χ0v) is 16.8. The Labute approximate surface area is 170 Å². The number of hydrogen-bond donors (Lipinski definition) is 0. The number of fused-ring (bicyclic) bond motifs is 1. The highest BCUT2D eigenvalue weighted by Crippen LogP contribution is 2.38. The van der Waals surface area contributed by atoms with Crippen molar-refractivity contribution in [3.63, 3.8) is 0 Å². The summed E-state index contributed by atoms with van der Waals surface area (Å²) < 4.78 is 16.7. The van der Waals surface area contributed by atoms with Crippen molar-refractivity contribution < 1.29 is 23.8 Å². The largest absolute Gasteiger partial charge is 0.496 e. The number of nitrogens with zero attached hydrogens (tertiary/aromatic N) is 1. The SMILES string of the molecule is COc1ccc(C(C)=O)cc1CC(=O)N1CCC[C@H]1c1ccc2c(c1)OCCO2. The minimum Gasteiger partial charge on any atom is -0.496 e. The molecule has 2 heterocycles. The van der Waals surface area contributed by atoms with Crippen molar-refractivity contribution in [3.05, 3.63) is 53.1 Å². The molecule has 2 aromatic carbocycles. The van der Waals surface area contributed by atoms with E-state index in [1.807, 2.05) is 23.1 Å². The number of carbonyl (C=O) groups is 2. The lowest BCUT2D eigenvalue weighted by atomic mass is 10.0. The van der Waals surface area contributed by atoms with E-state index in [0.29, 0.717) is 31.1 Å². The Morgan fingerprint density at radius 1 is 1.10 bits per heavy atom. The third-order valence-corrected chi connectivity index (χ3v) is 5.55. The van der Waals surface area contributed by atoms with Gasteiger partial charge in [0.15, 0.2) is 17.3 Å². The normalized spacial score (nSPS) is 17.9. The van der Waals surface area contributed by atoms with Crippen LogP contribution in [-0.4, -0.2) is 43.5 Å². The van der Waals surface area contributed by atoms with Gasteiger partial charge < -0.3 is 19.1 Å². The topological polar surface area (TPSA) is 65.1 Å². The Morgan fingerprint density at radius 3 is 2.66 bits per heavy atom. The van der Waals surface area contributed by atoms with Gasteiger partial charge in [0, 0.05) is 17.7 Å². The van der Waals surface area contributed by atoms with Gasteiger partial charge in [0.05, 0.1) is 19.6 Å². The first kappa shape index (κ1) is 19.3. The summed E-state index contributed by atoms with van der Waals surface area (Å²) in [5.41, 5.74) is 2.38. The minimum absolute atomic E-state index is 0.0142. The van der Waals surface area contributed by atoms with Gasteiger partial charge in [-0.05, 0) is 55.7 Å². The van der Waals surface area contributed by atoms with Crippen molar-refractivity contribution in [1.29, 1.82) is 0 Å². The molecule has 1 saturated heterocycles. The number of amides is 1. The van der Waals surface area contributed by atoms with Crippen LogP contribution in [0.15, 0.2) is 36.4 Å². The van der Waals surface area contributed by atoms with Crippen LogP contribution in [0.1, 0.15) is 47.3 Å². The maximum absolute atomic E-state index is 13.2. The molecule has 6 heteroatoms. The maximum Gasteiger partial charge on any atom is 0.227 e. The molecular weight excluding hydrogens is 370 g/mol. The monoisotopic (exact) mass is 395 g/mol. The van der Waals surface area contributed by atoms with Crippen LogP contribution >= 0.6 is 0 Å². The van der Waals surface area contributed by atoms with E-state index >= 15 is 0 Å². The second kappa shape index (κ2) is 8.15. The van der Waals surface area contributed by atoms with Gasteiger partial charge in [-0.25, -0.2) is 0 Å². The molecule has 0 bridgehead atoms. The number of ether oxygens (including phenoxy) is 3. The molecule has 0 N–H and O–H groups in total. The Balaban J connectivity index is 1.56. The number of likely N-dealkylation sites (tertiary alicyclic amines) is 1. The van der Waals surface area contributed by atoms with Crippen molar-refractivity contribution in [2.45, 2.75) is 32.2 Å². The molecule has 6 nitrogen and oxygen atoms in total. The van der Waals surface area contributed by atoms with Gasteiger partial charge in [0.2, 0.25) is 5.91 Å². The molecule has 0 saturated carbocycles.